The number of pyridine rings is 1. The van der Waals surface area contributed by atoms with Crippen molar-refractivity contribution in [3.8, 4) is 0 Å². The molecule has 1 heterocycles. The smallest absolute Gasteiger partial charge is 0.214 e. The number of hydrogen-bond acceptors (Lipinski definition) is 4. The predicted molar refractivity (Wildman–Crippen MR) is 60.1 cm³/mol. The molecule has 0 aliphatic heterocycles. The first kappa shape index (κ1) is 12.9. The SMILES string of the molecule is CS(=O)(=O)NCCCNc1ccnc(F)c1. The van der Waals surface area contributed by atoms with Gasteiger partial charge in [0.05, 0.1) is 6.26 Å². The van der Waals surface area contributed by atoms with E-state index in [1.807, 2.05) is 0 Å². The molecule has 0 radical (unpaired) electrons. The quantitative estimate of drug-likeness (QED) is 0.569. The fraction of sp³-hybridized carbons (Fsp3) is 0.444. The van der Waals surface area contributed by atoms with Crippen LogP contribution in [0.3, 0.4) is 0 Å². The van der Waals surface area contributed by atoms with E-state index >= 15 is 0 Å². The summed E-state index contributed by atoms with van der Waals surface area (Å²) in [5.74, 6) is -0.542. The van der Waals surface area contributed by atoms with E-state index in [0.29, 0.717) is 25.2 Å². The van der Waals surface area contributed by atoms with Gasteiger partial charge in [0, 0.05) is 31.0 Å². The summed E-state index contributed by atoms with van der Waals surface area (Å²) in [6.07, 6.45) is 3.10. The average Bonchev–Trinajstić information content (AvgIpc) is 2.15. The van der Waals surface area contributed by atoms with Gasteiger partial charge in [-0.25, -0.2) is 18.1 Å². The van der Waals surface area contributed by atoms with E-state index in [4.69, 9.17) is 0 Å². The van der Waals surface area contributed by atoms with Gasteiger partial charge in [-0.3, -0.25) is 0 Å². The Morgan fingerprint density at radius 2 is 2.19 bits per heavy atom. The molecule has 0 unspecified atom stereocenters. The Morgan fingerprint density at radius 3 is 2.81 bits per heavy atom. The molecule has 90 valence electrons. The minimum atomic E-state index is -3.12. The lowest BCUT2D eigenvalue weighted by molar-refractivity contribution is 0.584. The zero-order valence-corrected chi connectivity index (χ0v) is 9.72. The van der Waals surface area contributed by atoms with Gasteiger partial charge in [-0.1, -0.05) is 0 Å². The van der Waals surface area contributed by atoms with Crippen molar-refractivity contribution in [1.29, 1.82) is 0 Å². The topological polar surface area (TPSA) is 71.1 Å². The summed E-state index contributed by atoms with van der Waals surface area (Å²) in [4.78, 5) is 3.42. The Balaban J connectivity index is 2.21. The molecule has 0 amide bonds. The molecule has 16 heavy (non-hydrogen) atoms. The lowest BCUT2D eigenvalue weighted by atomic mass is 10.3. The third-order valence-corrected chi connectivity index (χ3v) is 2.50. The van der Waals surface area contributed by atoms with E-state index in [-0.39, 0.29) is 0 Å². The maximum Gasteiger partial charge on any atom is 0.214 e. The van der Waals surface area contributed by atoms with Crippen LogP contribution in [0.1, 0.15) is 6.42 Å². The molecule has 2 N–H and O–H groups in total. The van der Waals surface area contributed by atoms with Gasteiger partial charge in [0.15, 0.2) is 0 Å². The van der Waals surface area contributed by atoms with E-state index in [0.717, 1.165) is 6.26 Å². The normalized spacial score (nSPS) is 11.4. The minimum Gasteiger partial charge on any atom is -0.385 e. The number of nitrogens with zero attached hydrogens (tertiary/aromatic N) is 1. The van der Waals surface area contributed by atoms with Crippen molar-refractivity contribution in [2.75, 3.05) is 24.7 Å². The highest BCUT2D eigenvalue weighted by atomic mass is 32.2. The Labute approximate surface area is 94.1 Å². The summed E-state index contributed by atoms with van der Waals surface area (Å²) < 4.78 is 36.5. The third kappa shape index (κ3) is 5.62. The molecule has 1 aromatic heterocycles. The lowest BCUT2D eigenvalue weighted by Crippen LogP contribution is -2.24. The summed E-state index contributed by atoms with van der Waals surface area (Å²) in [5.41, 5.74) is 0.631. The van der Waals surface area contributed by atoms with Crippen LogP contribution in [0.2, 0.25) is 0 Å². The summed E-state index contributed by atoms with van der Waals surface area (Å²) in [6.45, 7) is 0.922. The summed E-state index contributed by atoms with van der Waals surface area (Å²) >= 11 is 0. The van der Waals surface area contributed by atoms with Crippen LogP contribution < -0.4 is 10.0 Å². The molecule has 0 saturated carbocycles. The average molecular weight is 247 g/mol. The molecule has 0 bridgehead atoms. The highest BCUT2D eigenvalue weighted by molar-refractivity contribution is 7.88. The standard InChI is InChI=1S/C9H14FN3O2S/c1-16(14,15)13-5-2-4-11-8-3-6-12-9(10)7-8/h3,6-7,13H,2,4-5H2,1H3,(H,11,12). The van der Waals surface area contributed by atoms with Crippen molar-refractivity contribution < 1.29 is 12.8 Å². The molecule has 0 saturated heterocycles. The zero-order valence-electron chi connectivity index (χ0n) is 8.90. The van der Waals surface area contributed by atoms with Gasteiger partial charge < -0.3 is 5.32 Å². The maximum atomic E-state index is 12.7. The van der Waals surface area contributed by atoms with Crippen LogP contribution in [0.25, 0.3) is 0 Å². The van der Waals surface area contributed by atoms with Gasteiger partial charge in [-0.05, 0) is 12.5 Å². The van der Waals surface area contributed by atoms with Crippen LogP contribution in [0.5, 0.6) is 0 Å². The number of sulfonamides is 1. The number of anilines is 1. The Hall–Kier alpha value is -1.21. The van der Waals surface area contributed by atoms with Crippen molar-refractivity contribution in [2.24, 2.45) is 0 Å². The minimum absolute atomic E-state index is 0.361. The van der Waals surface area contributed by atoms with Crippen molar-refractivity contribution in [3.63, 3.8) is 0 Å². The third-order valence-electron chi connectivity index (χ3n) is 1.77. The fourth-order valence-corrected chi connectivity index (χ4v) is 1.61. The van der Waals surface area contributed by atoms with Crippen LogP contribution in [0.15, 0.2) is 18.3 Å². The second-order valence-electron chi connectivity index (χ2n) is 3.31. The van der Waals surface area contributed by atoms with Gasteiger partial charge in [0.2, 0.25) is 16.0 Å². The van der Waals surface area contributed by atoms with Crippen molar-refractivity contribution in [1.82, 2.24) is 9.71 Å². The van der Waals surface area contributed by atoms with E-state index in [1.165, 1.54) is 12.3 Å². The highest BCUT2D eigenvalue weighted by Crippen LogP contribution is 2.05. The Kier molecular flexibility index (Phi) is 4.63. The molecule has 0 fully saturated rings. The predicted octanol–water partition coefficient (Wildman–Crippen LogP) is 0.572. The van der Waals surface area contributed by atoms with Gasteiger partial charge in [0.25, 0.3) is 0 Å². The first-order valence-corrected chi connectivity index (χ1v) is 6.66. The van der Waals surface area contributed by atoms with Crippen molar-refractivity contribution in [3.05, 3.63) is 24.3 Å². The van der Waals surface area contributed by atoms with Crippen molar-refractivity contribution >= 4 is 15.7 Å². The molecule has 0 aliphatic rings. The molecule has 1 aromatic rings. The fourth-order valence-electron chi connectivity index (χ4n) is 1.09. The maximum absolute atomic E-state index is 12.7. The van der Waals surface area contributed by atoms with Crippen LogP contribution in [0.4, 0.5) is 10.1 Å². The second-order valence-corrected chi connectivity index (χ2v) is 5.15. The van der Waals surface area contributed by atoms with Gasteiger partial charge >= 0.3 is 0 Å². The summed E-state index contributed by atoms with van der Waals surface area (Å²) in [6, 6.07) is 2.93. The van der Waals surface area contributed by atoms with E-state index in [1.54, 1.807) is 6.07 Å². The monoisotopic (exact) mass is 247 g/mol. The number of nitrogens with one attached hydrogen (secondary N) is 2. The Bertz CT molecular complexity index is 436. The zero-order chi connectivity index (χ0) is 12.0. The number of halogens is 1. The molecule has 5 nitrogen and oxygen atoms in total. The van der Waals surface area contributed by atoms with E-state index in [9.17, 15) is 12.8 Å². The van der Waals surface area contributed by atoms with Gasteiger partial charge in [-0.2, -0.15) is 4.39 Å². The van der Waals surface area contributed by atoms with Crippen LogP contribution in [-0.4, -0.2) is 32.7 Å². The summed E-state index contributed by atoms with van der Waals surface area (Å²) in [7, 11) is -3.12. The van der Waals surface area contributed by atoms with Gasteiger partial charge in [-0.15, -0.1) is 0 Å². The van der Waals surface area contributed by atoms with E-state index in [2.05, 4.69) is 15.0 Å². The van der Waals surface area contributed by atoms with Crippen LogP contribution >= 0.6 is 0 Å². The molecule has 7 heteroatoms. The molecule has 0 spiro atoms. The largest absolute Gasteiger partial charge is 0.385 e. The first-order valence-electron chi connectivity index (χ1n) is 4.77. The number of rotatable bonds is 6. The second kappa shape index (κ2) is 5.76. The molecular formula is C9H14FN3O2S. The molecule has 0 aromatic carbocycles. The Morgan fingerprint density at radius 1 is 1.44 bits per heavy atom. The molecule has 0 atom stereocenters. The highest BCUT2D eigenvalue weighted by Gasteiger charge is 1.99. The lowest BCUT2D eigenvalue weighted by Gasteiger charge is -2.06. The molecular weight excluding hydrogens is 233 g/mol. The molecule has 0 aliphatic carbocycles. The molecule has 1 rings (SSSR count). The van der Waals surface area contributed by atoms with E-state index < -0.39 is 16.0 Å². The first-order chi connectivity index (χ1) is 7.47. The van der Waals surface area contributed by atoms with Gasteiger partial charge in [0.1, 0.15) is 0 Å². The van der Waals surface area contributed by atoms with Crippen LogP contribution in [0, 0.1) is 5.95 Å². The van der Waals surface area contributed by atoms with Crippen molar-refractivity contribution in [2.45, 2.75) is 6.42 Å². The number of hydrogen-bond donors (Lipinski definition) is 2. The summed E-state index contributed by atoms with van der Waals surface area (Å²) in [5, 5.41) is 2.96. The number of aromatic nitrogens is 1. The van der Waals surface area contributed by atoms with Crippen LogP contribution in [-0.2, 0) is 10.0 Å².